The maximum Gasteiger partial charge on any atom is 0.416 e. The highest BCUT2D eigenvalue weighted by Crippen LogP contribution is 2.34. The topological polar surface area (TPSA) is 15.7 Å². The predicted octanol–water partition coefficient (Wildman–Crippen LogP) is 4.59. The van der Waals surface area contributed by atoms with Crippen LogP contribution < -0.4 is 4.74 Å². The zero-order valence-electron chi connectivity index (χ0n) is 15.7. The first-order valence-corrected chi connectivity index (χ1v) is 9.12. The van der Waals surface area contributed by atoms with Gasteiger partial charge in [-0.1, -0.05) is 30.3 Å². The van der Waals surface area contributed by atoms with Crippen LogP contribution in [0.3, 0.4) is 0 Å². The average Bonchev–Trinajstić information content (AvgIpc) is 2.61. The molecule has 0 spiro atoms. The molecule has 6 heteroatoms. The number of hydrogen-bond acceptors (Lipinski definition) is 3. The highest BCUT2D eigenvalue weighted by Gasteiger charge is 2.31. The second-order valence-corrected chi connectivity index (χ2v) is 7.22. The number of halogens is 3. The predicted molar refractivity (Wildman–Crippen MR) is 99.7 cm³/mol. The third-order valence-electron chi connectivity index (χ3n) is 4.74. The molecule has 0 bridgehead atoms. The third kappa shape index (κ3) is 5.23. The molecule has 3 nitrogen and oxygen atoms in total. The molecule has 0 saturated carbocycles. The summed E-state index contributed by atoms with van der Waals surface area (Å²) in [5.74, 6) is 0.250. The Morgan fingerprint density at radius 2 is 1.89 bits per heavy atom. The maximum atomic E-state index is 13.0. The lowest BCUT2D eigenvalue weighted by atomic mass is 9.97. The first kappa shape index (κ1) is 19.7. The molecule has 1 atom stereocenters. The summed E-state index contributed by atoms with van der Waals surface area (Å²) in [6, 6.07) is 13.1. The molecule has 2 aromatic rings. The van der Waals surface area contributed by atoms with Gasteiger partial charge in [-0.05, 0) is 62.9 Å². The lowest BCUT2D eigenvalue weighted by Gasteiger charge is -2.35. The fraction of sp³-hybridized carbons (Fsp3) is 0.429. The van der Waals surface area contributed by atoms with E-state index in [1.807, 2.05) is 32.3 Å². The Morgan fingerprint density at radius 1 is 1.11 bits per heavy atom. The van der Waals surface area contributed by atoms with E-state index in [1.165, 1.54) is 11.6 Å². The quantitative estimate of drug-likeness (QED) is 0.731. The summed E-state index contributed by atoms with van der Waals surface area (Å²) in [5.41, 5.74) is 1.54. The number of nitrogens with zero attached hydrogens (tertiary/aromatic N) is 2. The maximum absolute atomic E-state index is 13.0. The normalized spacial score (nSPS) is 17.8. The molecular formula is C21H25F3N2O. The van der Waals surface area contributed by atoms with Gasteiger partial charge in [0.05, 0.1) is 5.56 Å². The van der Waals surface area contributed by atoms with Crippen molar-refractivity contribution in [3.05, 3.63) is 65.2 Å². The SMILES string of the molecule is CN(C)CCCN1Cc2ccccc2C(Oc2cccc(C(F)(F)F)c2)C1. The Morgan fingerprint density at radius 3 is 2.63 bits per heavy atom. The van der Waals surface area contributed by atoms with Gasteiger partial charge in [0.15, 0.2) is 0 Å². The van der Waals surface area contributed by atoms with E-state index in [-0.39, 0.29) is 11.9 Å². The van der Waals surface area contributed by atoms with Crippen molar-refractivity contribution in [2.45, 2.75) is 25.2 Å². The average molecular weight is 378 g/mol. The minimum Gasteiger partial charge on any atom is -0.484 e. The summed E-state index contributed by atoms with van der Waals surface area (Å²) < 4.78 is 45.0. The van der Waals surface area contributed by atoms with Crippen molar-refractivity contribution >= 4 is 0 Å². The van der Waals surface area contributed by atoms with Crippen molar-refractivity contribution in [3.63, 3.8) is 0 Å². The Kier molecular flexibility index (Phi) is 6.07. The molecule has 0 aliphatic carbocycles. The summed E-state index contributed by atoms with van der Waals surface area (Å²) in [7, 11) is 4.09. The van der Waals surface area contributed by atoms with Crippen LogP contribution in [0.1, 0.15) is 29.2 Å². The van der Waals surface area contributed by atoms with Crippen molar-refractivity contribution in [2.24, 2.45) is 0 Å². The van der Waals surface area contributed by atoms with Gasteiger partial charge in [0.25, 0.3) is 0 Å². The highest BCUT2D eigenvalue weighted by atomic mass is 19.4. The van der Waals surface area contributed by atoms with E-state index >= 15 is 0 Å². The minimum absolute atomic E-state index is 0.250. The van der Waals surface area contributed by atoms with Gasteiger partial charge >= 0.3 is 6.18 Å². The van der Waals surface area contributed by atoms with Crippen LogP contribution in [0.4, 0.5) is 13.2 Å². The lowest BCUT2D eigenvalue weighted by Crippen LogP contribution is -2.37. The summed E-state index contributed by atoms with van der Waals surface area (Å²) in [6.07, 6.45) is -3.62. The van der Waals surface area contributed by atoms with E-state index in [4.69, 9.17) is 4.74 Å². The molecule has 0 N–H and O–H groups in total. The van der Waals surface area contributed by atoms with Crippen molar-refractivity contribution in [1.82, 2.24) is 9.80 Å². The Labute approximate surface area is 158 Å². The molecule has 2 aromatic carbocycles. The van der Waals surface area contributed by atoms with Crippen LogP contribution in [0.15, 0.2) is 48.5 Å². The van der Waals surface area contributed by atoms with Gasteiger partial charge in [-0.2, -0.15) is 13.2 Å². The fourth-order valence-electron chi connectivity index (χ4n) is 3.42. The summed E-state index contributed by atoms with van der Waals surface area (Å²) in [6.45, 7) is 3.43. The van der Waals surface area contributed by atoms with Gasteiger partial charge in [-0.3, -0.25) is 4.90 Å². The first-order chi connectivity index (χ1) is 12.8. The van der Waals surface area contributed by atoms with Gasteiger partial charge in [-0.15, -0.1) is 0 Å². The molecule has 27 heavy (non-hydrogen) atoms. The van der Waals surface area contributed by atoms with Crippen LogP contribution in [0, 0.1) is 0 Å². The molecule has 3 rings (SSSR count). The Balaban J connectivity index is 1.77. The number of benzene rings is 2. The molecule has 1 aliphatic heterocycles. The van der Waals surface area contributed by atoms with Crippen LogP contribution in [-0.2, 0) is 12.7 Å². The number of ether oxygens (including phenoxy) is 1. The van der Waals surface area contributed by atoms with Gasteiger partial charge in [0.1, 0.15) is 11.9 Å². The van der Waals surface area contributed by atoms with E-state index in [2.05, 4.69) is 15.9 Å². The number of hydrogen-bond donors (Lipinski definition) is 0. The summed E-state index contributed by atoms with van der Waals surface area (Å²) in [5, 5.41) is 0. The summed E-state index contributed by atoms with van der Waals surface area (Å²) in [4.78, 5) is 4.46. The van der Waals surface area contributed by atoms with Crippen LogP contribution in [0.5, 0.6) is 5.75 Å². The zero-order valence-corrected chi connectivity index (χ0v) is 15.7. The highest BCUT2D eigenvalue weighted by molar-refractivity contribution is 5.35. The zero-order chi connectivity index (χ0) is 19.4. The second kappa shape index (κ2) is 8.31. The molecule has 1 aliphatic rings. The molecule has 0 amide bonds. The third-order valence-corrected chi connectivity index (χ3v) is 4.74. The van der Waals surface area contributed by atoms with Gasteiger partial charge in [0.2, 0.25) is 0 Å². The van der Waals surface area contributed by atoms with Crippen molar-refractivity contribution in [1.29, 1.82) is 0 Å². The minimum atomic E-state index is -4.37. The van der Waals surface area contributed by atoms with E-state index in [0.29, 0.717) is 6.54 Å². The van der Waals surface area contributed by atoms with Gasteiger partial charge in [0, 0.05) is 13.1 Å². The van der Waals surface area contributed by atoms with Crippen molar-refractivity contribution < 1.29 is 17.9 Å². The van der Waals surface area contributed by atoms with Crippen molar-refractivity contribution in [2.75, 3.05) is 33.7 Å². The molecule has 1 unspecified atom stereocenters. The summed E-state index contributed by atoms with van der Waals surface area (Å²) >= 11 is 0. The van der Waals surface area contributed by atoms with E-state index in [0.717, 1.165) is 43.8 Å². The second-order valence-electron chi connectivity index (χ2n) is 7.22. The monoisotopic (exact) mass is 378 g/mol. The standard InChI is InChI=1S/C21H25F3N2O/c1-25(2)11-6-12-26-14-16-7-3-4-10-19(16)20(15-26)27-18-9-5-8-17(13-18)21(22,23)24/h3-5,7-10,13,20H,6,11-12,14-15H2,1-2H3. The number of fused-ring (bicyclic) bond motifs is 1. The Hall–Kier alpha value is -2.05. The van der Waals surface area contributed by atoms with E-state index < -0.39 is 11.7 Å². The van der Waals surface area contributed by atoms with E-state index in [9.17, 15) is 13.2 Å². The van der Waals surface area contributed by atoms with Crippen LogP contribution >= 0.6 is 0 Å². The smallest absolute Gasteiger partial charge is 0.416 e. The first-order valence-electron chi connectivity index (χ1n) is 9.12. The fourth-order valence-corrected chi connectivity index (χ4v) is 3.42. The Bertz CT molecular complexity index is 761. The molecule has 0 radical (unpaired) electrons. The molecule has 1 heterocycles. The molecule has 0 saturated heterocycles. The van der Waals surface area contributed by atoms with Crippen LogP contribution in [-0.4, -0.2) is 43.5 Å². The van der Waals surface area contributed by atoms with Crippen molar-refractivity contribution in [3.8, 4) is 5.75 Å². The van der Waals surface area contributed by atoms with E-state index in [1.54, 1.807) is 6.07 Å². The molecule has 0 fully saturated rings. The molecule has 146 valence electrons. The number of alkyl halides is 3. The van der Waals surface area contributed by atoms with Crippen LogP contribution in [0.25, 0.3) is 0 Å². The number of rotatable bonds is 6. The lowest BCUT2D eigenvalue weighted by molar-refractivity contribution is -0.137. The van der Waals surface area contributed by atoms with Crippen LogP contribution in [0.2, 0.25) is 0 Å². The van der Waals surface area contributed by atoms with Gasteiger partial charge in [-0.25, -0.2) is 0 Å². The molecular weight excluding hydrogens is 353 g/mol. The van der Waals surface area contributed by atoms with Gasteiger partial charge < -0.3 is 9.64 Å². The largest absolute Gasteiger partial charge is 0.484 e. The molecule has 0 aromatic heterocycles.